The minimum absolute atomic E-state index is 0. The molecule has 2 aromatic heterocycles. The first-order valence-electron chi connectivity index (χ1n) is 8.31. The molecule has 0 aliphatic rings. The van der Waals surface area contributed by atoms with Gasteiger partial charge >= 0.3 is 51.4 Å². The summed E-state index contributed by atoms with van der Waals surface area (Å²) in [6.07, 6.45) is 1.76. The van der Waals surface area contributed by atoms with Crippen LogP contribution in [0.1, 0.15) is 45.1 Å². The molecule has 2 N–H and O–H groups in total. The Kier molecular flexibility index (Phi) is 8.38. The molecule has 0 radical (unpaired) electrons. The van der Waals surface area contributed by atoms with Crippen molar-refractivity contribution in [1.82, 2.24) is 14.5 Å². The summed E-state index contributed by atoms with van der Waals surface area (Å²) in [5, 5.41) is 11.1. The van der Waals surface area contributed by atoms with Crippen LogP contribution in [0.25, 0.3) is 21.9 Å². The Bertz CT molecular complexity index is 892. The second-order valence-electron chi connectivity index (χ2n) is 7.44. The summed E-state index contributed by atoms with van der Waals surface area (Å²) in [7, 11) is 0. The maximum atomic E-state index is 11.6. The Labute approximate surface area is 196 Å². The van der Waals surface area contributed by atoms with Gasteiger partial charge in [0.05, 0.1) is 17.4 Å². The third kappa shape index (κ3) is 6.11. The number of fused-ring (bicyclic) bond motifs is 3. The van der Waals surface area contributed by atoms with Gasteiger partial charge in [0.15, 0.2) is 5.69 Å². The van der Waals surface area contributed by atoms with Crippen molar-refractivity contribution in [2.45, 2.75) is 46.8 Å². The molecule has 0 unspecified atom stereocenters. The van der Waals surface area contributed by atoms with E-state index >= 15 is 0 Å². The van der Waals surface area contributed by atoms with E-state index in [0.29, 0.717) is 11.4 Å². The van der Waals surface area contributed by atoms with E-state index < -0.39 is 11.5 Å². The van der Waals surface area contributed by atoms with E-state index in [2.05, 4.69) is 28.4 Å². The number of imidazole rings is 1. The van der Waals surface area contributed by atoms with E-state index in [-0.39, 0.29) is 57.1 Å². The van der Waals surface area contributed by atoms with Crippen molar-refractivity contribution in [3.8, 4) is 0 Å². The number of nitrogens with zero attached hydrogens (tertiary/aromatic N) is 3. The van der Waals surface area contributed by atoms with Crippen molar-refractivity contribution in [3.63, 3.8) is 0 Å². The standard InChI is InChI=1S/C15H16N4O.C4H9O.K/c1-9(2)7-19-8-17-12-13(15(16)20)18-11-6-4-3-5-10(11)14(12)19;1-4(2,3)5;/h3-6,8-9H,7H2,1-2H3,(H2,16,20);1-3H3;/q;-1;+1. The molecule has 134 valence electrons. The molecule has 6 nitrogen and oxygen atoms in total. The van der Waals surface area contributed by atoms with Crippen LogP contribution in [0.4, 0.5) is 0 Å². The minimum atomic E-state index is -0.750. The molecule has 0 fully saturated rings. The van der Waals surface area contributed by atoms with Gasteiger partial charge in [0.25, 0.3) is 5.91 Å². The second kappa shape index (κ2) is 9.39. The van der Waals surface area contributed by atoms with Gasteiger partial charge in [-0.15, -0.1) is 5.60 Å². The van der Waals surface area contributed by atoms with Gasteiger partial charge in [-0.1, -0.05) is 52.8 Å². The first kappa shape index (κ1) is 23.2. The third-order valence-electron chi connectivity index (χ3n) is 3.25. The van der Waals surface area contributed by atoms with Crippen LogP contribution in [0, 0.1) is 5.92 Å². The third-order valence-corrected chi connectivity index (χ3v) is 3.25. The van der Waals surface area contributed by atoms with Crippen molar-refractivity contribution in [3.05, 3.63) is 36.3 Å². The summed E-state index contributed by atoms with van der Waals surface area (Å²) in [6, 6.07) is 7.73. The second-order valence-corrected chi connectivity index (χ2v) is 7.44. The number of hydrogen-bond acceptors (Lipinski definition) is 4. The number of rotatable bonds is 3. The average Bonchev–Trinajstić information content (AvgIpc) is 2.88. The molecule has 0 bridgehead atoms. The molecule has 3 rings (SSSR count). The zero-order chi connectivity index (χ0) is 18.8. The number of nitrogens with two attached hydrogens (primary N) is 1. The molecule has 7 heteroatoms. The quantitative estimate of drug-likeness (QED) is 0.619. The van der Waals surface area contributed by atoms with E-state index in [0.717, 1.165) is 23.0 Å². The zero-order valence-electron chi connectivity index (χ0n) is 16.4. The Morgan fingerprint density at radius 3 is 2.38 bits per heavy atom. The number of primary amides is 1. The average molecular weight is 381 g/mol. The van der Waals surface area contributed by atoms with E-state index in [1.165, 1.54) is 0 Å². The number of hydrogen-bond donors (Lipinski definition) is 1. The Morgan fingerprint density at radius 2 is 1.85 bits per heavy atom. The van der Waals surface area contributed by atoms with E-state index in [9.17, 15) is 9.90 Å². The molecule has 1 aromatic carbocycles. The normalized spacial score (nSPS) is 11.2. The van der Waals surface area contributed by atoms with Crippen molar-refractivity contribution in [1.29, 1.82) is 0 Å². The summed E-state index contributed by atoms with van der Waals surface area (Å²) in [5.41, 5.74) is 7.19. The van der Waals surface area contributed by atoms with E-state index in [1.54, 1.807) is 27.1 Å². The number of pyridine rings is 1. The predicted molar refractivity (Wildman–Crippen MR) is 98.1 cm³/mol. The van der Waals surface area contributed by atoms with Gasteiger partial charge in [0, 0.05) is 11.9 Å². The van der Waals surface area contributed by atoms with Gasteiger partial charge in [0.1, 0.15) is 5.52 Å². The van der Waals surface area contributed by atoms with Gasteiger partial charge in [-0.2, -0.15) is 0 Å². The fraction of sp³-hybridized carbons (Fsp3) is 0.421. The van der Waals surface area contributed by atoms with Crippen molar-refractivity contribution >= 4 is 27.8 Å². The monoisotopic (exact) mass is 380 g/mol. The summed E-state index contributed by atoms with van der Waals surface area (Å²) in [4.78, 5) is 20.3. The van der Waals surface area contributed by atoms with E-state index in [4.69, 9.17) is 5.73 Å². The summed E-state index contributed by atoms with van der Waals surface area (Å²) in [6.45, 7) is 10.0. The van der Waals surface area contributed by atoms with Crippen LogP contribution >= 0.6 is 0 Å². The first-order valence-corrected chi connectivity index (χ1v) is 8.31. The van der Waals surface area contributed by atoms with Gasteiger partial charge in [-0.05, 0) is 12.0 Å². The number of carbonyl (C=O) groups is 1. The fourth-order valence-electron chi connectivity index (χ4n) is 2.49. The summed E-state index contributed by atoms with van der Waals surface area (Å²) < 4.78 is 2.07. The molecule has 26 heavy (non-hydrogen) atoms. The summed E-state index contributed by atoms with van der Waals surface area (Å²) in [5.74, 6) is -0.0631. The fourth-order valence-corrected chi connectivity index (χ4v) is 2.49. The SMILES string of the molecule is CC(C)(C)[O-].CC(C)Cn1cnc2c(C(N)=O)nc3ccccc3c21.[K+]. The van der Waals surface area contributed by atoms with Crippen LogP contribution in [0.5, 0.6) is 0 Å². The Hall–Kier alpha value is -0.834. The van der Waals surface area contributed by atoms with Crippen molar-refractivity contribution < 1.29 is 61.3 Å². The van der Waals surface area contributed by atoms with Gasteiger partial charge in [-0.25, -0.2) is 9.97 Å². The first-order chi connectivity index (χ1) is 11.6. The molecule has 1 amide bonds. The minimum Gasteiger partial charge on any atom is -0.850 e. The number of carbonyl (C=O) groups excluding carboxylic acids is 1. The topological polar surface area (TPSA) is 96.9 Å². The Balaban J connectivity index is 0.000000501. The van der Waals surface area contributed by atoms with Crippen LogP contribution < -0.4 is 62.2 Å². The molecule has 2 heterocycles. The zero-order valence-corrected chi connectivity index (χ0v) is 19.5. The van der Waals surface area contributed by atoms with Crippen LogP contribution in [-0.4, -0.2) is 26.0 Å². The molecular weight excluding hydrogens is 355 g/mol. The maximum absolute atomic E-state index is 11.6. The van der Waals surface area contributed by atoms with Crippen molar-refractivity contribution in [2.75, 3.05) is 0 Å². The number of para-hydroxylation sites is 1. The molecule has 0 aliphatic carbocycles. The van der Waals surface area contributed by atoms with Crippen molar-refractivity contribution in [2.24, 2.45) is 11.7 Å². The molecule has 0 saturated heterocycles. The number of aromatic nitrogens is 3. The maximum Gasteiger partial charge on any atom is 1.00 e. The van der Waals surface area contributed by atoms with E-state index in [1.807, 2.05) is 24.3 Å². The van der Waals surface area contributed by atoms with Gasteiger partial charge in [0.2, 0.25) is 0 Å². The molecule has 0 spiro atoms. The van der Waals surface area contributed by atoms with Crippen LogP contribution in [0.2, 0.25) is 0 Å². The summed E-state index contributed by atoms with van der Waals surface area (Å²) >= 11 is 0. The Morgan fingerprint density at radius 1 is 1.27 bits per heavy atom. The smallest absolute Gasteiger partial charge is 0.850 e. The molecular formula is C19H25KN4O2. The van der Waals surface area contributed by atoms with Crippen LogP contribution in [-0.2, 0) is 6.54 Å². The van der Waals surface area contributed by atoms with Crippen LogP contribution in [0.3, 0.4) is 0 Å². The largest absolute Gasteiger partial charge is 1.00 e. The number of amides is 1. The van der Waals surface area contributed by atoms with Gasteiger partial charge in [-0.3, -0.25) is 4.79 Å². The van der Waals surface area contributed by atoms with Crippen LogP contribution in [0.15, 0.2) is 30.6 Å². The molecule has 0 atom stereocenters. The number of benzene rings is 1. The predicted octanol–water partition coefficient (Wildman–Crippen LogP) is -0.511. The molecule has 3 aromatic rings. The molecule has 0 aliphatic heterocycles. The van der Waals surface area contributed by atoms with Gasteiger partial charge < -0.3 is 15.4 Å². The molecule has 0 saturated carbocycles.